The van der Waals surface area contributed by atoms with Gasteiger partial charge >= 0.3 is 6.09 Å². The molecule has 0 aliphatic rings. The van der Waals surface area contributed by atoms with Crippen LogP contribution in [-0.2, 0) is 21.1 Å². The molecule has 1 aromatic carbocycles. The van der Waals surface area contributed by atoms with E-state index >= 15 is 0 Å². The molecule has 0 spiro atoms. The number of hydrogen-bond donors (Lipinski definition) is 1. The highest BCUT2D eigenvalue weighted by atomic mass is 32.2. The molecule has 2 radical (unpaired) electrons. The summed E-state index contributed by atoms with van der Waals surface area (Å²) in [6.45, 7) is 5.79. The molecule has 1 heterocycles. The monoisotopic (exact) mass is 409 g/mol. The number of carbonyl (C=O) groups excluding carboxylic acids is 1. The van der Waals surface area contributed by atoms with Gasteiger partial charge in [0.25, 0.3) is 0 Å². The fourth-order valence-electron chi connectivity index (χ4n) is 1.96. The number of benzene rings is 1. The van der Waals surface area contributed by atoms with Gasteiger partial charge in [-0.25, -0.2) is 13.2 Å². The van der Waals surface area contributed by atoms with E-state index in [2.05, 4.69) is 5.32 Å². The highest BCUT2D eigenvalue weighted by molar-refractivity contribution is 8.01. The van der Waals surface area contributed by atoms with Crippen LogP contribution in [0.3, 0.4) is 0 Å². The lowest BCUT2D eigenvalue weighted by Gasteiger charge is -2.19. The average Bonchev–Trinajstić information content (AvgIpc) is 2.89. The first kappa shape index (κ1) is 20.9. The number of nitrogens with one attached hydrogen (secondary N) is 1. The van der Waals surface area contributed by atoms with Crippen molar-refractivity contribution in [2.24, 2.45) is 0 Å². The fourth-order valence-corrected chi connectivity index (χ4v) is 4.93. The van der Waals surface area contributed by atoms with Gasteiger partial charge in [0.15, 0.2) is 9.84 Å². The van der Waals surface area contributed by atoms with E-state index in [-0.39, 0.29) is 4.90 Å². The van der Waals surface area contributed by atoms with Crippen molar-refractivity contribution in [3.8, 4) is 0 Å². The summed E-state index contributed by atoms with van der Waals surface area (Å²) in [5.74, 6) is 0. The Kier molecular flexibility index (Phi) is 6.47. The normalized spacial score (nSPS) is 12.0. The molecule has 9 heteroatoms. The van der Waals surface area contributed by atoms with Crippen LogP contribution < -0.4 is 10.8 Å². The van der Waals surface area contributed by atoms with Crippen LogP contribution in [0.25, 0.3) is 0 Å². The van der Waals surface area contributed by atoms with Crippen molar-refractivity contribution in [3.63, 3.8) is 0 Å². The SMILES string of the molecule is [B]c1cc(Sc2ccc(CNC(=O)OC(C)(C)C)s2)cc(S(C)(=O)=O)c1. The minimum Gasteiger partial charge on any atom is -0.444 e. The summed E-state index contributed by atoms with van der Waals surface area (Å²) in [5.41, 5.74) is -0.135. The first-order chi connectivity index (χ1) is 11.9. The Labute approximate surface area is 163 Å². The van der Waals surface area contributed by atoms with Crippen molar-refractivity contribution < 1.29 is 17.9 Å². The maximum absolute atomic E-state index is 11.7. The van der Waals surface area contributed by atoms with Gasteiger partial charge in [0.2, 0.25) is 0 Å². The molecule has 0 bridgehead atoms. The number of rotatable bonds is 5. The van der Waals surface area contributed by atoms with Crippen molar-refractivity contribution in [2.45, 2.75) is 46.9 Å². The molecule has 5 nitrogen and oxygen atoms in total. The molecule has 2 rings (SSSR count). The number of alkyl carbamates (subject to hydrolysis) is 1. The topological polar surface area (TPSA) is 72.5 Å². The zero-order chi connectivity index (χ0) is 19.5. The van der Waals surface area contributed by atoms with Gasteiger partial charge in [0.05, 0.1) is 15.6 Å². The van der Waals surface area contributed by atoms with Crippen LogP contribution >= 0.6 is 23.1 Å². The molecular weight excluding hydrogens is 389 g/mol. The molecule has 0 aliphatic carbocycles. The number of thiophene rings is 1. The standard InChI is InChI=1S/C17H20BNO4S3/c1-17(2,3)23-16(20)19-10-12-5-6-15(24-12)25-13-7-11(18)8-14(9-13)26(4,21)22/h5-9H,10H2,1-4H3,(H,19,20). The zero-order valence-electron chi connectivity index (χ0n) is 15.0. The number of hydrogen-bond acceptors (Lipinski definition) is 6. The maximum Gasteiger partial charge on any atom is 0.407 e. The van der Waals surface area contributed by atoms with Crippen molar-refractivity contribution >= 4 is 52.3 Å². The van der Waals surface area contributed by atoms with E-state index in [1.54, 1.807) is 12.1 Å². The third kappa shape index (κ3) is 6.70. The number of amides is 1. The van der Waals surface area contributed by atoms with Gasteiger partial charge < -0.3 is 10.1 Å². The van der Waals surface area contributed by atoms with Crippen molar-refractivity contribution in [1.82, 2.24) is 5.32 Å². The van der Waals surface area contributed by atoms with E-state index in [4.69, 9.17) is 12.6 Å². The van der Waals surface area contributed by atoms with Crippen molar-refractivity contribution in [2.75, 3.05) is 6.26 Å². The molecule has 138 valence electrons. The van der Waals surface area contributed by atoms with Crippen LogP contribution in [0, 0.1) is 0 Å². The van der Waals surface area contributed by atoms with E-state index in [1.165, 1.54) is 29.2 Å². The summed E-state index contributed by atoms with van der Waals surface area (Å²) in [5, 5.41) is 2.71. The summed E-state index contributed by atoms with van der Waals surface area (Å²) in [7, 11) is 2.49. The molecule has 26 heavy (non-hydrogen) atoms. The first-order valence-corrected chi connectivity index (χ1v) is 11.3. The van der Waals surface area contributed by atoms with Gasteiger partial charge in [-0.3, -0.25) is 0 Å². The predicted molar refractivity (Wildman–Crippen MR) is 106 cm³/mol. The van der Waals surface area contributed by atoms with Gasteiger partial charge in [0.1, 0.15) is 13.4 Å². The van der Waals surface area contributed by atoms with E-state index in [0.717, 1.165) is 20.2 Å². The summed E-state index contributed by atoms with van der Waals surface area (Å²) < 4.78 is 29.6. The van der Waals surface area contributed by atoms with E-state index < -0.39 is 21.5 Å². The molecule has 0 atom stereocenters. The largest absolute Gasteiger partial charge is 0.444 e. The third-order valence-electron chi connectivity index (χ3n) is 2.99. The van der Waals surface area contributed by atoms with E-state index in [1.807, 2.05) is 32.9 Å². The molecule has 0 fully saturated rings. The Hall–Kier alpha value is -1.45. The summed E-state index contributed by atoms with van der Waals surface area (Å²) in [4.78, 5) is 13.6. The lowest BCUT2D eigenvalue weighted by Crippen LogP contribution is -2.31. The van der Waals surface area contributed by atoms with Gasteiger partial charge in [0, 0.05) is 16.0 Å². The van der Waals surface area contributed by atoms with Gasteiger partial charge in [-0.05, 0) is 39.0 Å². The quantitative estimate of drug-likeness (QED) is 0.769. The Morgan fingerprint density at radius 2 is 1.96 bits per heavy atom. The molecule has 1 N–H and O–H groups in total. The average molecular weight is 409 g/mol. The van der Waals surface area contributed by atoms with Crippen LogP contribution in [0.15, 0.2) is 44.3 Å². The molecule has 0 saturated heterocycles. The lowest BCUT2D eigenvalue weighted by molar-refractivity contribution is 0.0524. The molecule has 0 saturated carbocycles. The number of carbonyl (C=O) groups is 1. The van der Waals surface area contributed by atoms with Crippen molar-refractivity contribution in [1.29, 1.82) is 0 Å². The van der Waals surface area contributed by atoms with Crippen LogP contribution in [0.1, 0.15) is 25.6 Å². The predicted octanol–water partition coefficient (Wildman–Crippen LogP) is 3.12. The lowest BCUT2D eigenvalue weighted by atomic mass is 9.97. The minimum absolute atomic E-state index is 0.198. The summed E-state index contributed by atoms with van der Waals surface area (Å²) >= 11 is 2.94. The molecule has 2 aromatic rings. The molecule has 0 unspecified atom stereocenters. The third-order valence-corrected chi connectivity index (χ3v) is 6.27. The number of ether oxygens (including phenoxy) is 1. The summed E-state index contributed by atoms with van der Waals surface area (Å²) in [6.07, 6.45) is 0.690. The van der Waals surface area contributed by atoms with E-state index in [0.29, 0.717) is 12.0 Å². The Morgan fingerprint density at radius 3 is 2.58 bits per heavy atom. The zero-order valence-corrected chi connectivity index (χ0v) is 17.5. The second-order valence-corrected chi connectivity index (χ2v) is 11.2. The fraction of sp³-hybridized carbons (Fsp3) is 0.353. The smallest absolute Gasteiger partial charge is 0.407 e. The highest BCUT2D eigenvalue weighted by Gasteiger charge is 2.16. The van der Waals surface area contributed by atoms with Gasteiger partial charge in [-0.1, -0.05) is 29.4 Å². The van der Waals surface area contributed by atoms with Crippen LogP contribution in [0.2, 0.25) is 0 Å². The molecule has 1 aromatic heterocycles. The second-order valence-electron chi connectivity index (χ2n) is 6.69. The van der Waals surface area contributed by atoms with Gasteiger partial charge in [-0.15, -0.1) is 11.3 Å². The minimum atomic E-state index is -3.32. The molecule has 0 aliphatic heterocycles. The second kappa shape index (κ2) is 8.06. The highest BCUT2D eigenvalue weighted by Crippen LogP contribution is 2.34. The van der Waals surface area contributed by atoms with Crippen molar-refractivity contribution in [3.05, 3.63) is 35.2 Å². The number of sulfone groups is 1. The maximum atomic E-state index is 11.7. The van der Waals surface area contributed by atoms with Crippen LogP contribution in [0.4, 0.5) is 4.79 Å². The van der Waals surface area contributed by atoms with E-state index in [9.17, 15) is 13.2 Å². The summed E-state index contributed by atoms with van der Waals surface area (Å²) in [6, 6.07) is 8.62. The van der Waals surface area contributed by atoms with Gasteiger partial charge in [-0.2, -0.15) is 0 Å². The molecular formula is C17H20BNO4S3. The van der Waals surface area contributed by atoms with Crippen LogP contribution in [-0.4, -0.2) is 34.2 Å². The Balaban J connectivity index is 2.03. The first-order valence-electron chi connectivity index (χ1n) is 7.76. The Bertz CT molecular complexity index is 901. The molecule has 1 amide bonds. The van der Waals surface area contributed by atoms with Crippen LogP contribution in [0.5, 0.6) is 0 Å². The Morgan fingerprint density at radius 1 is 1.27 bits per heavy atom.